The Labute approximate surface area is 117 Å². The minimum Gasteiger partial charge on any atom is -0.488 e. The summed E-state index contributed by atoms with van der Waals surface area (Å²) < 4.78 is 13.2. The predicted molar refractivity (Wildman–Crippen MR) is 76.1 cm³/mol. The first-order valence-corrected chi connectivity index (χ1v) is 7.04. The number of hydrogen-bond donors (Lipinski definition) is 0. The second-order valence-electron chi connectivity index (χ2n) is 4.34. The summed E-state index contributed by atoms with van der Waals surface area (Å²) in [4.78, 5) is 0. The van der Waals surface area contributed by atoms with Crippen LogP contribution in [0.5, 0.6) is 0 Å². The highest BCUT2D eigenvalue weighted by atomic mass is 79.9. The molecule has 18 heavy (non-hydrogen) atoms. The van der Waals surface area contributed by atoms with Gasteiger partial charge in [-0.05, 0) is 18.9 Å². The first-order chi connectivity index (χ1) is 8.76. The quantitative estimate of drug-likeness (QED) is 0.585. The predicted octanol–water partition coefficient (Wildman–Crippen LogP) is 3.69. The normalized spacial score (nSPS) is 33.1. The lowest BCUT2D eigenvalue weighted by atomic mass is 9.99. The van der Waals surface area contributed by atoms with E-state index in [2.05, 4.69) is 40.9 Å². The maximum absolute atomic E-state index is 6.09. The van der Waals surface area contributed by atoms with Gasteiger partial charge in [0.2, 0.25) is 0 Å². The molecule has 1 saturated heterocycles. The van der Waals surface area contributed by atoms with Gasteiger partial charge >= 0.3 is 0 Å². The van der Waals surface area contributed by atoms with Crippen molar-refractivity contribution in [2.45, 2.75) is 44.5 Å². The lowest BCUT2D eigenvalue weighted by Crippen LogP contribution is -2.43. The van der Waals surface area contributed by atoms with E-state index in [0.717, 1.165) is 29.5 Å². The van der Waals surface area contributed by atoms with E-state index in [4.69, 9.17) is 15.9 Å². The summed E-state index contributed by atoms with van der Waals surface area (Å²) in [6.07, 6.45) is 15.9. The molecule has 2 rings (SSSR count). The van der Waals surface area contributed by atoms with Gasteiger partial charge < -0.3 is 9.47 Å². The second kappa shape index (κ2) is 6.26. The lowest BCUT2D eigenvalue weighted by molar-refractivity contribution is -0.130. The molecule has 1 fully saturated rings. The number of hydrogen-bond acceptors (Lipinski definition) is 2. The molecule has 0 aromatic carbocycles. The molecule has 2 heterocycles. The van der Waals surface area contributed by atoms with Gasteiger partial charge in [-0.2, -0.15) is 0 Å². The van der Waals surface area contributed by atoms with Gasteiger partial charge in [-0.1, -0.05) is 47.0 Å². The van der Waals surface area contributed by atoms with Crippen LogP contribution >= 0.6 is 15.9 Å². The minimum absolute atomic E-state index is 0.0362. The third-order valence-corrected chi connectivity index (χ3v) is 4.06. The number of ether oxygens (including phenoxy) is 2. The molecule has 96 valence electrons. The van der Waals surface area contributed by atoms with Crippen molar-refractivity contribution < 1.29 is 9.47 Å². The molecule has 0 aromatic heterocycles. The van der Waals surface area contributed by atoms with Gasteiger partial charge in [0.25, 0.3) is 0 Å². The fourth-order valence-corrected chi connectivity index (χ4v) is 2.50. The third kappa shape index (κ3) is 2.88. The first kappa shape index (κ1) is 13.5. The molecule has 0 N–H and O–H groups in total. The van der Waals surface area contributed by atoms with Gasteiger partial charge in [0, 0.05) is 10.9 Å². The molecule has 3 atom stereocenters. The summed E-state index contributed by atoms with van der Waals surface area (Å²) in [6, 6.07) is 0. The molecule has 0 saturated carbocycles. The number of terminal acetylenes is 1. The standard InChI is InChI=1S/C15H17BrO2/c1-3-5-6-8-13-12-9-7-10-14(17-12)15(18-13)11(16)4-2/h1,5-7,10,12-14H,4,8-9H2,2H3. The molecule has 3 unspecified atom stereocenters. The van der Waals surface area contributed by atoms with Crippen molar-refractivity contribution in [2.24, 2.45) is 0 Å². The fraction of sp³-hybridized carbons (Fsp3) is 0.467. The molecule has 2 bridgehead atoms. The molecule has 0 amide bonds. The number of rotatable bonds is 3. The van der Waals surface area contributed by atoms with Crippen LogP contribution in [0.3, 0.4) is 0 Å². The molecular formula is C15H17BrO2. The van der Waals surface area contributed by atoms with Crippen LogP contribution in [0, 0.1) is 12.3 Å². The molecular weight excluding hydrogens is 292 g/mol. The van der Waals surface area contributed by atoms with E-state index >= 15 is 0 Å². The van der Waals surface area contributed by atoms with E-state index in [1.807, 2.05) is 6.08 Å². The average Bonchev–Trinajstić information content (AvgIpc) is 2.41. The van der Waals surface area contributed by atoms with Crippen LogP contribution in [-0.4, -0.2) is 18.3 Å². The summed E-state index contributed by atoms with van der Waals surface area (Å²) in [6.45, 7) is 2.09. The molecule has 0 aliphatic carbocycles. The Balaban J connectivity index is 2.16. The van der Waals surface area contributed by atoms with Crippen LogP contribution in [0.2, 0.25) is 0 Å². The Kier molecular flexibility index (Phi) is 4.68. The summed E-state index contributed by atoms with van der Waals surface area (Å²) >= 11 is 3.56. The van der Waals surface area contributed by atoms with Gasteiger partial charge in [-0.25, -0.2) is 0 Å². The van der Waals surface area contributed by atoms with E-state index in [1.54, 1.807) is 6.08 Å². The second-order valence-corrected chi connectivity index (χ2v) is 5.30. The summed E-state index contributed by atoms with van der Waals surface area (Å²) in [5.41, 5.74) is 0. The Hall–Kier alpha value is -0.980. The van der Waals surface area contributed by atoms with Crippen molar-refractivity contribution in [1.82, 2.24) is 0 Å². The Morgan fingerprint density at radius 3 is 3.22 bits per heavy atom. The Morgan fingerprint density at radius 2 is 2.50 bits per heavy atom. The van der Waals surface area contributed by atoms with Crippen molar-refractivity contribution in [3.05, 3.63) is 34.5 Å². The number of fused-ring (bicyclic) bond motifs is 2. The average molecular weight is 309 g/mol. The van der Waals surface area contributed by atoms with E-state index < -0.39 is 0 Å². The minimum atomic E-state index is -0.0362. The highest BCUT2D eigenvalue weighted by Crippen LogP contribution is 2.35. The molecule has 2 nitrogen and oxygen atoms in total. The summed E-state index contributed by atoms with van der Waals surface area (Å²) in [7, 11) is 0. The fourth-order valence-electron chi connectivity index (χ4n) is 2.18. The van der Waals surface area contributed by atoms with Gasteiger partial charge in [0.05, 0.1) is 6.10 Å². The lowest BCUT2D eigenvalue weighted by Gasteiger charge is -2.40. The highest BCUT2D eigenvalue weighted by molar-refractivity contribution is 9.11. The highest BCUT2D eigenvalue weighted by Gasteiger charge is 2.36. The van der Waals surface area contributed by atoms with Gasteiger partial charge in [-0.15, -0.1) is 6.42 Å². The van der Waals surface area contributed by atoms with E-state index in [-0.39, 0.29) is 18.3 Å². The Bertz CT molecular complexity index is 428. The molecule has 3 heteroatoms. The zero-order valence-electron chi connectivity index (χ0n) is 10.4. The largest absolute Gasteiger partial charge is 0.488 e. The van der Waals surface area contributed by atoms with Gasteiger partial charge in [0.15, 0.2) is 0 Å². The maximum atomic E-state index is 6.09. The number of allylic oxidation sites excluding steroid dienone is 2. The third-order valence-electron chi connectivity index (χ3n) is 3.11. The van der Waals surface area contributed by atoms with Crippen molar-refractivity contribution in [3.8, 4) is 12.3 Å². The SMILES string of the molecule is C#CC=CCC1OC(=C(Br)CC)C2C=CCC1O2. The summed E-state index contributed by atoms with van der Waals surface area (Å²) in [5, 5.41) is 0. The number of halogens is 1. The van der Waals surface area contributed by atoms with Gasteiger partial charge in [-0.3, -0.25) is 0 Å². The molecule has 0 radical (unpaired) electrons. The van der Waals surface area contributed by atoms with E-state index in [1.165, 1.54) is 0 Å². The van der Waals surface area contributed by atoms with Crippen molar-refractivity contribution in [1.29, 1.82) is 0 Å². The maximum Gasteiger partial charge on any atom is 0.139 e. The zero-order chi connectivity index (χ0) is 13.0. The summed E-state index contributed by atoms with van der Waals surface area (Å²) in [5.74, 6) is 3.40. The van der Waals surface area contributed by atoms with Crippen LogP contribution in [0.25, 0.3) is 0 Å². The van der Waals surface area contributed by atoms with E-state index in [9.17, 15) is 0 Å². The first-order valence-electron chi connectivity index (χ1n) is 6.24. The molecule has 0 spiro atoms. The van der Waals surface area contributed by atoms with Crippen LogP contribution in [0.15, 0.2) is 34.5 Å². The van der Waals surface area contributed by atoms with Crippen LogP contribution in [0.1, 0.15) is 26.2 Å². The topological polar surface area (TPSA) is 18.5 Å². The van der Waals surface area contributed by atoms with Gasteiger partial charge in [0.1, 0.15) is 18.0 Å². The van der Waals surface area contributed by atoms with Crippen molar-refractivity contribution >= 4 is 15.9 Å². The zero-order valence-corrected chi connectivity index (χ0v) is 12.0. The Morgan fingerprint density at radius 1 is 1.67 bits per heavy atom. The van der Waals surface area contributed by atoms with E-state index in [0.29, 0.717) is 0 Å². The monoisotopic (exact) mass is 308 g/mol. The smallest absolute Gasteiger partial charge is 0.139 e. The van der Waals surface area contributed by atoms with Crippen LogP contribution in [0.4, 0.5) is 0 Å². The molecule has 2 aliphatic heterocycles. The van der Waals surface area contributed by atoms with Crippen molar-refractivity contribution in [2.75, 3.05) is 0 Å². The van der Waals surface area contributed by atoms with Crippen LogP contribution < -0.4 is 0 Å². The van der Waals surface area contributed by atoms with Crippen LogP contribution in [-0.2, 0) is 9.47 Å². The molecule has 2 aliphatic rings. The van der Waals surface area contributed by atoms with Crippen molar-refractivity contribution in [3.63, 3.8) is 0 Å². The molecule has 0 aromatic rings.